The Morgan fingerprint density at radius 2 is 1.83 bits per heavy atom. The number of likely N-dealkylation sites (N-methyl/N-ethyl adjacent to an activating group) is 1. The number of aromatic nitrogens is 2. The van der Waals surface area contributed by atoms with E-state index >= 15 is 0 Å². The maximum absolute atomic E-state index is 14.1. The maximum atomic E-state index is 14.1. The first kappa shape index (κ1) is 24.9. The van der Waals surface area contributed by atoms with Crippen molar-refractivity contribution in [1.82, 2.24) is 9.97 Å². The third kappa shape index (κ3) is 4.78. The average molecular weight is 490 g/mol. The summed E-state index contributed by atoms with van der Waals surface area (Å²) in [6.07, 6.45) is 1.36. The maximum Gasteiger partial charge on any atom is 0.251 e. The third-order valence-corrected chi connectivity index (χ3v) is 6.42. The Hall–Kier alpha value is -4.24. The van der Waals surface area contributed by atoms with Crippen LogP contribution >= 0.6 is 0 Å². The monoisotopic (exact) mass is 489 g/mol. The Balaban J connectivity index is 1.77. The molecular weight excluding hydrogens is 461 g/mol. The van der Waals surface area contributed by atoms with Crippen LogP contribution in [0.4, 0.5) is 10.2 Å². The minimum atomic E-state index is -0.809. The lowest BCUT2D eigenvalue weighted by Gasteiger charge is -2.39. The first-order valence-electron chi connectivity index (χ1n) is 11.3. The van der Waals surface area contributed by atoms with E-state index in [0.29, 0.717) is 28.0 Å². The van der Waals surface area contributed by atoms with E-state index in [4.69, 9.17) is 20.9 Å². The number of nitrogens with zero attached hydrogens (tertiary/aromatic N) is 3. The van der Waals surface area contributed by atoms with Crippen LogP contribution in [-0.2, 0) is 12.1 Å². The molecule has 1 atom stereocenters. The minimum absolute atomic E-state index is 0.175. The summed E-state index contributed by atoms with van der Waals surface area (Å²) in [6.45, 7) is 2.33. The number of rotatable bonds is 9. The van der Waals surface area contributed by atoms with Crippen molar-refractivity contribution in [3.8, 4) is 11.5 Å². The van der Waals surface area contributed by atoms with E-state index in [1.54, 1.807) is 25.3 Å². The predicted octanol–water partition coefficient (Wildman–Crippen LogP) is 3.77. The SMILES string of the molecule is COc1ccc(COc2cc(C(N)=O)c3ncnc(N(C)C(C)(CN)c4cccc(F)c4)c3c2)cc1. The molecule has 0 aliphatic rings. The van der Waals surface area contributed by atoms with E-state index in [2.05, 4.69) is 9.97 Å². The number of primary amides is 1. The highest BCUT2D eigenvalue weighted by Gasteiger charge is 2.33. The largest absolute Gasteiger partial charge is 0.497 e. The fraction of sp³-hybridized carbons (Fsp3) is 0.222. The number of carbonyl (C=O) groups is 1. The van der Waals surface area contributed by atoms with Gasteiger partial charge in [0.15, 0.2) is 0 Å². The van der Waals surface area contributed by atoms with Crippen LogP contribution in [0.2, 0.25) is 0 Å². The molecule has 0 fully saturated rings. The predicted molar refractivity (Wildman–Crippen MR) is 137 cm³/mol. The van der Waals surface area contributed by atoms with Gasteiger partial charge in [-0.05, 0) is 54.4 Å². The fourth-order valence-corrected chi connectivity index (χ4v) is 4.06. The van der Waals surface area contributed by atoms with Crippen LogP contribution in [0.3, 0.4) is 0 Å². The number of hydrogen-bond acceptors (Lipinski definition) is 7. The van der Waals surface area contributed by atoms with Crippen molar-refractivity contribution in [3.63, 3.8) is 0 Å². The standard InChI is InChI=1S/C27H28FN5O3/c1-27(15-29,18-5-4-6-19(28)11-18)33(2)26-23-13-21(12-22(25(30)34)24(23)31-16-32-26)36-14-17-7-9-20(35-3)10-8-17/h4-13,16H,14-15,29H2,1-3H3,(H2,30,34). The number of carbonyl (C=O) groups excluding carboxylic acids is 1. The van der Waals surface area contributed by atoms with Crippen molar-refractivity contribution in [2.45, 2.75) is 19.1 Å². The van der Waals surface area contributed by atoms with Gasteiger partial charge in [-0.3, -0.25) is 4.79 Å². The van der Waals surface area contributed by atoms with Crippen molar-refractivity contribution in [1.29, 1.82) is 0 Å². The zero-order chi connectivity index (χ0) is 25.9. The number of ether oxygens (including phenoxy) is 2. The molecule has 8 nitrogen and oxygen atoms in total. The molecule has 1 aromatic heterocycles. The zero-order valence-electron chi connectivity index (χ0n) is 20.4. The first-order valence-corrected chi connectivity index (χ1v) is 11.3. The molecule has 0 saturated heterocycles. The summed E-state index contributed by atoms with van der Waals surface area (Å²) in [5.41, 5.74) is 13.3. The highest BCUT2D eigenvalue weighted by Crippen LogP contribution is 2.36. The second kappa shape index (κ2) is 10.2. The quantitative estimate of drug-likeness (QED) is 0.368. The van der Waals surface area contributed by atoms with Crippen LogP contribution in [0.5, 0.6) is 11.5 Å². The van der Waals surface area contributed by atoms with Gasteiger partial charge in [0.25, 0.3) is 5.91 Å². The summed E-state index contributed by atoms with van der Waals surface area (Å²) in [7, 11) is 3.42. The molecule has 4 rings (SSSR count). The second-order valence-corrected chi connectivity index (χ2v) is 8.61. The van der Waals surface area contributed by atoms with Crippen molar-refractivity contribution in [2.24, 2.45) is 11.5 Å². The highest BCUT2D eigenvalue weighted by molar-refractivity contribution is 6.07. The molecule has 1 amide bonds. The van der Waals surface area contributed by atoms with Crippen molar-refractivity contribution in [3.05, 3.63) is 89.5 Å². The summed E-state index contributed by atoms with van der Waals surface area (Å²) in [6, 6.07) is 17.1. The number of hydrogen-bond donors (Lipinski definition) is 2. The van der Waals surface area contributed by atoms with Gasteiger partial charge in [-0.1, -0.05) is 24.3 Å². The number of fused-ring (bicyclic) bond motifs is 1. The topological polar surface area (TPSA) is 117 Å². The summed E-state index contributed by atoms with van der Waals surface area (Å²) >= 11 is 0. The molecule has 0 saturated carbocycles. The number of methoxy groups -OCH3 is 1. The van der Waals surface area contributed by atoms with Gasteiger partial charge in [0.1, 0.15) is 36.1 Å². The molecule has 1 heterocycles. The Morgan fingerprint density at radius 1 is 1.08 bits per heavy atom. The fourth-order valence-electron chi connectivity index (χ4n) is 4.06. The number of nitrogens with two attached hydrogens (primary N) is 2. The van der Waals surface area contributed by atoms with Gasteiger partial charge in [0.2, 0.25) is 0 Å². The van der Waals surface area contributed by atoms with E-state index in [9.17, 15) is 9.18 Å². The molecule has 0 bridgehead atoms. The van der Waals surface area contributed by atoms with Crippen LogP contribution in [0.25, 0.3) is 10.9 Å². The molecule has 9 heteroatoms. The Kier molecular flexibility index (Phi) is 7.03. The molecule has 4 aromatic rings. The van der Waals surface area contributed by atoms with E-state index in [1.165, 1.54) is 18.5 Å². The Morgan fingerprint density at radius 3 is 2.47 bits per heavy atom. The summed E-state index contributed by atoms with van der Waals surface area (Å²) in [5.74, 6) is 0.658. The molecule has 0 aliphatic carbocycles. The minimum Gasteiger partial charge on any atom is -0.497 e. The Bertz CT molecular complexity index is 1400. The highest BCUT2D eigenvalue weighted by atomic mass is 19.1. The molecule has 1 unspecified atom stereocenters. The molecule has 0 spiro atoms. The normalized spacial score (nSPS) is 12.7. The first-order chi connectivity index (χ1) is 17.3. The van der Waals surface area contributed by atoms with E-state index < -0.39 is 11.4 Å². The van der Waals surface area contributed by atoms with Gasteiger partial charge in [-0.15, -0.1) is 0 Å². The molecule has 3 aromatic carbocycles. The lowest BCUT2D eigenvalue weighted by Crippen LogP contribution is -2.47. The van der Waals surface area contributed by atoms with Crippen LogP contribution in [-0.4, -0.2) is 36.6 Å². The van der Waals surface area contributed by atoms with Crippen molar-refractivity contribution in [2.75, 3.05) is 25.6 Å². The second-order valence-electron chi connectivity index (χ2n) is 8.61. The third-order valence-electron chi connectivity index (χ3n) is 6.42. The van der Waals surface area contributed by atoms with Gasteiger partial charge in [-0.25, -0.2) is 14.4 Å². The van der Waals surface area contributed by atoms with Crippen molar-refractivity contribution >= 4 is 22.6 Å². The van der Waals surface area contributed by atoms with Gasteiger partial charge in [0, 0.05) is 19.0 Å². The summed E-state index contributed by atoms with van der Waals surface area (Å²) < 4.78 is 25.3. The van der Waals surface area contributed by atoms with Gasteiger partial charge < -0.3 is 25.8 Å². The average Bonchev–Trinajstić information content (AvgIpc) is 2.90. The van der Waals surface area contributed by atoms with Crippen LogP contribution < -0.4 is 25.8 Å². The van der Waals surface area contributed by atoms with E-state index in [-0.39, 0.29) is 24.5 Å². The van der Waals surface area contributed by atoms with Crippen LogP contribution in [0, 0.1) is 5.82 Å². The molecule has 4 N–H and O–H groups in total. The van der Waals surface area contributed by atoms with Gasteiger partial charge in [0.05, 0.1) is 23.7 Å². The van der Waals surface area contributed by atoms with Gasteiger partial charge in [-0.2, -0.15) is 0 Å². The summed E-state index contributed by atoms with van der Waals surface area (Å²) in [4.78, 5) is 23.0. The zero-order valence-corrected chi connectivity index (χ0v) is 20.4. The van der Waals surface area contributed by atoms with Crippen LogP contribution in [0.15, 0.2) is 67.0 Å². The number of halogens is 1. The van der Waals surface area contributed by atoms with Crippen molar-refractivity contribution < 1.29 is 18.7 Å². The number of benzene rings is 3. The van der Waals surface area contributed by atoms with Gasteiger partial charge >= 0.3 is 0 Å². The lowest BCUT2D eigenvalue weighted by atomic mass is 9.90. The molecule has 186 valence electrons. The molecule has 0 aliphatic heterocycles. The number of amides is 1. The molecular formula is C27H28FN5O3. The summed E-state index contributed by atoms with van der Waals surface area (Å²) in [5, 5.41) is 0.553. The number of anilines is 1. The Labute approximate surface area is 208 Å². The smallest absolute Gasteiger partial charge is 0.251 e. The molecule has 0 radical (unpaired) electrons. The van der Waals surface area contributed by atoms with Crippen LogP contribution in [0.1, 0.15) is 28.4 Å². The molecule has 36 heavy (non-hydrogen) atoms. The van der Waals surface area contributed by atoms with E-state index in [1.807, 2.05) is 49.2 Å². The lowest BCUT2D eigenvalue weighted by molar-refractivity contribution is 0.100. The van der Waals surface area contributed by atoms with E-state index in [0.717, 1.165) is 11.3 Å².